The third-order valence-electron chi connectivity index (χ3n) is 2.87. The van der Waals surface area contributed by atoms with E-state index in [1.807, 2.05) is 24.3 Å². The number of nitrogens with zero attached hydrogens (tertiary/aromatic N) is 1. The highest BCUT2D eigenvalue weighted by molar-refractivity contribution is 7.09. The maximum Gasteiger partial charge on any atom is 0.271 e. The Kier molecular flexibility index (Phi) is 4.84. The van der Waals surface area contributed by atoms with Gasteiger partial charge in [-0.05, 0) is 18.1 Å². The van der Waals surface area contributed by atoms with Crippen molar-refractivity contribution in [3.8, 4) is 0 Å². The van der Waals surface area contributed by atoms with Gasteiger partial charge >= 0.3 is 0 Å². The molecule has 4 N–H and O–H groups in total. The van der Waals surface area contributed by atoms with Crippen LogP contribution in [0.4, 0.5) is 0 Å². The van der Waals surface area contributed by atoms with Crippen molar-refractivity contribution in [3.63, 3.8) is 0 Å². The van der Waals surface area contributed by atoms with Gasteiger partial charge in [0.25, 0.3) is 5.91 Å². The highest BCUT2D eigenvalue weighted by Crippen LogP contribution is 2.13. The highest BCUT2D eigenvalue weighted by atomic mass is 32.1. The number of nitrogens with one attached hydrogen (secondary N) is 1. The lowest BCUT2D eigenvalue weighted by atomic mass is 10.1. The zero-order valence-electron chi connectivity index (χ0n) is 11.2. The maximum atomic E-state index is 11.9. The van der Waals surface area contributed by atoms with Crippen molar-refractivity contribution in [3.05, 3.63) is 51.5 Å². The van der Waals surface area contributed by atoms with E-state index in [1.54, 1.807) is 12.3 Å². The van der Waals surface area contributed by atoms with Crippen molar-refractivity contribution in [1.29, 1.82) is 0 Å². The molecule has 0 aliphatic carbocycles. The molecule has 0 radical (unpaired) electrons. The molecule has 1 unspecified atom stereocenters. The summed E-state index contributed by atoms with van der Waals surface area (Å²) in [5.74, 6) is -0.208. The quantitative estimate of drug-likeness (QED) is 0.780. The fourth-order valence-corrected chi connectivity index (χ4v) is 2.35. The van der Waals surface area contributed by atoms with E-state index in [4.69, 9.17) is 5.73 Å². The van der Waals surface area contributed by atoms with E-state index in [1.165, 1.54) is 11.3 Å². The van der Waals surface area contributed by atoms with Crippen LogP contribution in [0.2, 0.25) is 0 Å². The Morgan fingerprint density at radius 2 is 2.15 bits per heavy atom. The molecule has 0 spiro atoms. The number of amides is 1. The van der Waals surface area contributed by atoms with Crippen LogP contribution in [0.3, 0.4) is 0 Å². The summed E-state index contributed by atoms with van der Waals surface area (Å²) in [6.07, 6.45) is -0.483. The number of rotatable bonds is 5. The molecule has 0 saturated heterocycles. The summed E-state index contributed by atoms with van der Waals surface area (Å²) < 4.78 is 0. The molecule has 0 aliphatic rings. The molecule has 0 fully saturated rings. The van der Waals surface area contributed by atoms with Gasteiger partial charge in [0, 0.05) is 18.5 Å². The Bertz CT molecular complexity index is 578. The van der Waals surface area contributed by atoms with Crippen molar-refractivity contribution in [2.24, 2.45) is 5.73 Å². The Morgan fingerprint density at radius 3 is 2.70 bits per heavy atom. The smallest absolute Gasteiger partial charge is 0.271 e. The number of aliphatic hydroxyl groups excluding tert-OH is 1. The van der Waals surface area contributed by atoms with E-state index in [9.17, 15) is 9.90 Å². The van der Waals surface area contributed by atoms with Gasteiger partial charge in [-0.2, -0.15) is 0 Å². The van der Waals surface area contributed by atoms with Gasteiger partial charge in [-0.1, -0.05) is 24.3 Å². The predicted octanol–water partition coefficient (Wildman–Crippen LogP) is 1.59. The second-order valence-electron chi connectivity index (χ2n) is 4.43. The number of hydrogen-bond acceptors (Lipinski definition) is 5. The lowest BCUT2D eigenvalue weighted by Gasteiger charge is -2.07. The van der Waals surface area contributed by atoms with E-state index in [-0.39, 0.29) is 5.91 Å². The van der Waals surface area contributed by atoms with E-state index < -0.39 is 6.10 Å². The monoisotopic (exact) mass is 291 g/mol. The van der Waals surface area contributed by atoms with Gasteiger partial charge in [-0.15, -0.1) is 11.3 Å². The minimum absolute atomic E-state index is 0.208. The molecule has 1 atom stereocenters. The van der Waals surface area contributed by atoms with Gasteiger partial charge in [0.2, 0.25) is 0 Å². The number of aliphatic hydroxyl groups is 1. The molecule has 2 aromatic rings. The standard InChI is InChI=1S/C14H17N3O2S/c1-9(18)11-4-2-10(3-5-11)7-16-14(19)12-8-20-13(6-15)17-12/h2-5,8-9,18H,6-7,15H2,1H3,(H,16,19). The highest BCUT2D eigenvalue weighted by Gasteiger charge is 2.09. The summed E-state index contributed by atoms with van der Waals surface area (Å²) in [4.78, 5) is 16.0. The fraction of sp³-hybridized carbons (Fsp3) is 0.286. The summed E-state index contributed by atoms with van der Waals surface area (Å²) in [5, 5.41) is 14.7. The molecule has 1 aromatic heterocycles. The molecule has 2 rings (SSSR count). The van der Waals surface area contributed by atoms with Crippen LogP contribution in [0.15, 0.2) is 29.6 Å². The van der Waals surface area contributed by atoms with Crippen molar-refractivity contribution in [2.45, 2.75) is 26.1 Å². The van der Waals surface area contributed by atoms with E-state index in [0.717, 1.165) is 16.1 Å². The average molecular weight is 291 g/mol. The lowest BCUT2D eigenvalue weighted by molar-refractivity contribution is 0.0946. The van der Waals surface area contributed by atoms with Crippen LogP contribution >= 0.6 is 11.3 Å². The van der Waals surface area contributed by atoms with E-state index in [0.29, 0.717) is 18.8 Å². The first-order valence-corrected chi connectivity index (χ1v) is 7.17. The number of benzene rings is 1. The van der Waals surface area contributed by atoms with Gasteiger partial charge in [-0.25, -0.2) is 4.98 Å². The van der Waals surface area contributed by atoms with Crippen molar-refractivity contribution in [2.75, 3.05) is 0 Å². The fourth-order valence-electron chi connectivity index (χ4n) is 1.70. The molecule has 1 amide bonds. The molecule has 0 aliphatic heterocycles. The van der Waals surface area contributed by atoms with Gasteiger partial charge in [-0.3, -0.25) is 4.79 Å². The zero-order chi connectivity index (χ0) is 14.5. The number of carbonyl (C=O) groups excluding carboxylic acids is 1. The molecular formula is C14H17N3O2S. The maximum absolute atomic E-state index is 11.9. The SMILES string of the molecule is CC(O)c1ccc(CNC(=O)c2csc(CN)n2)cc1. The topological polar surface area (TPSA) is 88.2 Å². The van der Waals surface area contributed by atoms with E-state index >= 15 is 0 Å². The molecule has 0 bridgehead atoms. The van der Waals surface area contributed by atoms with Crippen LogP contribution in [0.5, 0.6) is 0 Å². The Hall–Kier alpha value is -1.76. The van der Waals surface area contributed by atoms with Crippen molar-refractivity contribution >= 4 is 17.2 Å². The van der Waals surface area contributed by atoms with Gasteiger partial charge < -0.3 is 16.2 Å². The zero-order valence-corrected chi connectivity index (χ0v) is 12.0. The Labute approximate surface area is 121 Å². The number of carbonyl (C=O) groups is 1. The summed E-state index contributed by atoms with van der Waals surface area (Å²) in [6.45, 7) is 2.49. The lowest BCUT2D eigenvalue weighted by Crippen LogP contribution is -2.23. The van der Waals surface area contributed by atoms with Gasteiger partial charge in [0.15, 0.2) is 0 Å². The first-order valence-electron chi connectivity index (χ1n) is 6.29. The predicted molar refractivity (Wildman–Crippen MR) is 78.3 cm³/mol. The van der Waals surface area contributed by atoms with Gasteiger partial charge in [0.1, 0.15) is 10.7 Å². The Balaban J connectivity index is 1.92. The molecule has 20 heavy (non-hydrogen) atoms. The van der Waals surface area contributed by atoms with Crippen LogP contribution in [-0.2, 0) is 13.1 Å². The minimum Gasteiger partial charge on any atom is -0.389 e. The van der Waals surface area contributed by atoms with Crippen LogP contribution < -0.4 is 11.1 Å². The minimum atomic E-state index is -0.483. The Morgan fingerprint density at radius 1 is 1.45 bits per heavy atom. The number of thiazole rings is 1. The normalized spacial score (nSPS) is 12.2. The molecule has 1 aromatic carbocycles. The average Bonchev–Trinajstić information content (AvgIpc) is 2.94. The first-order chi connectivity index (χ1) is 9.60. The molecule has 1 heterocycles. The molecule has 0 saturated carbocycles. The summed E-state index contributed by atoms with van der Waals surface area (Å²) in [5.41, 5.74) is 7.69. The first kappa shape index (κ1) is 14.6. The third kappa shape index (κ3) is 3.63. The second-order valence-corrected chi connectivity index (χ2v) is 5.37. The summed E-state index contributed by atoms with van der Waals surface area (Å²) >= 11 is 1.38. The molecule has 5 nitrogen and oxygen atoms in total. The molecular weight excluding hydrogens is 274 g/mol. The number of aromatic nitrogens is 1. The third-order valence-corrected chi connectivity index (χ3v) is 3.75. The van der Waals surface area contributed by atoms with Crippen LogP contribution in [0.1, 0.15) is 39.7 Å². The van der Waals surface area contributed by atoms with E-state index in [2.05, 4.69) is 10.3 Å². The molecule has 106 valence electrons. The largest absolute Gasteiger partial charge is 0.389 e. The summed E-state index contributed by atoms with van der Waals surface area (Å²) in [6, 6.07) is 7.46. The number of hydrogen-bond donors (Lipinski definition) is 3. The van der Waals surface area contributed by atoms with Crippen molar-refractivity contribution < 1.29 is 9.90 Å². The van der Waals surface area contributed by atoms with Crippen molar-refractivity contribution in [1.82, 2.24) is 10.3 Å². The molecule has 6 heteroatoms. The van der Waals surface area contributed by atoms with Crippen LogP contribution in [-0.4, -0.2) is 16.0 Å². The van der Waals surface area contributed by atoms with Crippen LogP contribution in [0, 0.1) is 0 Å². The van der Waals surface area contributed by atoms with Gasteiger partial charge in [0.05, 0.1) is 6.10 Å². The second kappa shape index (κ2) is 6.60. The number of nitrogens with two attached hydrogens (primary N) is 1. The van der Waals surface area contributed by atoms with Crippen LogP contribution in [0.25, 0.3) is 0 Å². The summed E-state index contributed by atoms with van der Waals surface area (Å²) in [7, 11) is 0.